The molecule has 1 N–H and O–H groups in total. The molecule has 1 saturated heterocycles. The first-order valence-corrected chi connectivity index (χ1v) is 7.06. The highest BCUT2D eigenvalue weighted by molar-refractivity contribution is 5.89. The first-order chi connectivity index (χ1) is 9.50. The lowest BCUT2D eigenvalue weighted by Crippen LogP contribution is -2.50. The smallest absolute Gasteiger partial charge is 0.338 e. The van der Waals surface area contributed by atoms with Crippen LogP contribution in [0.1, 0.15) is 31.1 Å². The predicted octanol–water partition coefficient (Wildman–Crippen LogP) is 2.26. The lowest BCUT2D eigenvalue weighted by Gasteiger charge is -2.41. The van der Waals surface area contributed by atoms with Crippen molar-refractivity contribution in [1.82, 2.24) is 0 Å². The van der Waals surface area contributed by atoms with E-state index in [-0.39, 0.29) is 30.5 Å². The molecule has 0 spiro atoms. The molecule has 1 aromatic carbocycles. The van der Waals surface area contributed by atoms with E-state index in [1.807, 2.05) is 19.9 Å². The molecule has 0 aromatic heterocycles. The fourth-order valence-electron chi connectivity index (χ4n) is 2.51. The van der Waals surface area contributed by atoms with E-state index < -0.39 is 12.2 Å². The number of carbonyl (C=O) groups is 1. The highest BCUT2D eigenvalue weighted by Gasteiger charge is 2.39. The zero-order valence-electron chi connectivity index (χ0n) is 12.2. The minimum atomic E-state index is -0.607. The lowest BCUT2D eigenvalue weighted by molar-refractivity contribution is -0.174. The molecule has 0 bridgehead atoms. The average molecular weight is 278 g/mol. The minimum absolute atomic E-state index is 0.0498. The number of hydrogen-bond donors (Lipinski definition) is 1. The number of aliphatic hydroxyl groups excluding tert-OH is 1. The van der Waals surface area contributed by atoms with Gasteiger partial charge < -0.3 is 14.6 Å². The Kier molecular flexibility index (Phi) is 4.78. The van der Waals surface area contributed by atoms with Gasteiger partial charge in [0.2, 0.25) is 0 Å². The molecule has 5 atom stereocenters. The first-order valence-electron chi connectivity index (χ1n) is 7.06. The van der Waals surface area contributed by atoms with Crippen LogP contribution in [0.15, 0.2) is 30.3 Å². The minimum Gasteiger partial charge on any atom is -0.459 e. The quantitative estimate of drug-likeness (QED) is 0.862. The summed E-state index contributed by atoms with van der Waals surface area (Å²) in [5.74, 6) is 0.0191. The van der Waals surface area contributed by atoms with Gasteiger partial charge >= 0.3 is 5.97 Å². The maximum absolute atomic E-state index is 11.9. The third-order valence-electron chi connectivity index (χ3n) is 4.27. The number of ether oxygens (including phenoxy) is 2. The summed E-state index contributed by atoms with van der Waals surface area (Å²) in [6.07, 6.45) is -1.01. The molecule has 1 aliphatic heterocycles. The fraction of sp³-hybridized carbons (Fsp3) is 0.562. The molecule has 4 nitrogen and oxygen atoms in total. The van der Waals surface area contributed by atoms with E-state index in [0.717, 1.165) is 0 Å². The van der Waals surface area contributed by atoms with Gasteiger partial charge in [0, 0.05) is 0 Å². The van der Waals surface area contributed by atoms with Crippen LogP contribution in [0.5, 0.6) is 0 Å². The number of benzene rings is 1. The molecule has 1 aromatic rings. The van der Waals surface area contributed by atoms with Crippen LogP contribution in [0.3, 0.4) is 0 Å². The van der Waals surface area contributed by atoms with E-state index in [1.54, 1.807) is 24.3 Å². The number of carbonyl (C=O) groups excluding carboxylic acids is 1. The van der Waals surface area contributed by atoms with Crippen molar-refractivity contribution in [2.24, 2.45) is 11.8 Å². The molecule has 1 aliphatic rings. The van der Waals surface area contributed by atoms with Crippen molar-refractivity contribution < 1.29 is 19.4 Å². The van der Waals surface area contributed by atoms with Crippen LogP contribution in [0, 0.1) is 11.8 Å². The van der Waals surface area contributed by atoms with Crippen LogP contribution in [0.25, 0.3) is 0 Å². The van der Waals surface area contributed by atoms with Crippen molar-refractivity contribution in [3.8, 4) is 0 Å². The van der Waals surface area contributed by atoms with Gasteiger partial charge in [0.05, 0.1) is 17.8 Å². The van der Waals surface area contributed by atoms with Crippen LogP contribution in [0.4, 0.5) is 0 Å². The van der Waals surface area contributed by atoms with E-state index >= 15 is 0 Å². The molecule has 4 heteroatoms. The molecular weight excluding hydrogens is 256 g/mol. The topological polar surface area (TPSA) is 55.8 Å². The molecule has 2 rings (SSSR count). The van der Waals surface area contributed by atoms with Crippen molar-refractivity contribution in [1.29, 1.82) is 0 Å². The van der Waals surface area contributed by atoms with Crippen LogP contribution >= 0.6 is 0 Å². The van der Waals surface area contributed by atoms with Gasteiger partial charge in [0.1, 0.15) is 12.7 Å². The van der Waals surface area contributed by atoms with E-state index in [4.69, 9.17) is 9.47 Å². The summed E-state index contributed by atoms with van der Waals surface area (Å²) in [4.78, 5) is 11.9. The number of esters is 1. The second kappa shape index (κ2) is 6.37. The Morgan fingerprint density at radius 3 is 2.50 bits per heavy atom. The second-order valence-electron chi connectivity index (χ2n) is 5.55. The maximum Gasteiger partial charge on any atom is 0.338 e. The standard InChI is InChI=1S/C16H22O4/c1-10-11(2)15(17)14(20-12(10)3)9-19-16(18)13-7-5-4-6-8-13/h4-8,10-12,14-15,17H,9H2,1-3H3/t10?,11-,12-,14?,15+/m1/s1. The van der Waals surface area contributed by atoms with Crippen LogP contribution in [0.2, 0.25) is 0 Å². The number of aliphatic hydroxyl groups is 1. The second-order valence-corrected chi connectivity index (χ2v) is 5.55. The molecule has 2 unspecified atom stereocenters. The number of rotatable bonds is 3. The van der Waals surface area contributed by atoms with Crippen LogP contribution in [-0.4, -0.2) is 36.0 Å². The van der Waals surface area contributed by atoms with Crippen LogP contribution in [-0.2, 0) is 9.47 Å². The third-order valence-corrected chi connectivity index (χ3v) is 4.27. The first kappa shape index (κ1) is 15.0. The summed E-state index contributed by atoms with van der Waals surface area (Å²) in [6, 6.07) is 8.82. The zero-order chi connectivity index (χ0) is 14.7. The van der Waals surface area contributed by atoms with Crippen molar-refractivity contribution in [2.45, 2.75) is 39.1 Å². The van der Waals surface area contributed by atoms with Gasteiger partial charge in [-0.05, 0) is 30.9 Å². The van der Waals surface area contributed by atoms with Gasteiger partial charge in [-0.1, -0.05) is 32.0 Å². The molecule has 0 aliphatic carbocycles. The summed E-state index contributed by atoms with van der Waals surface area (Å²) >= 11 is 0. The van der Waals surface area contributed by atoms with Gasteiger partial charge in [-0.3, -0.25) is 0 Å². The average Bonchev–Trinajstić information content (AvgIpc) is 2.48. The normalized spacial score (nSPS) is 33.7. The van der Waals surface area contributed by atoms with Crippen molar-refractivity contribution in [3.63, 3.8) is 0 Å². The van der Waals surface area contributed by atoms with E-state index in [0.29, 0.717) is 5.56 Å². The maximum atomic E-state index is 11.9. The third kappa shape index (κ3) is 3.19. The molecule has 0 saturated carbocycles. The Bertz CT molecular complexity index is 445. The lowest BCUT2D eigenvalue weighted by atomic mass is 9.82. The van der Waals surface area contributed by atoms with Crippen molar-refractivity contribution in [3.05, 3.63) is 35.9 Å². The Hall–Kier alpha value is -1.39. The van der Waals surface area contributed by atoms with Gasteiger partial charge in [0.15, 0.2) is 0 Å². The Labute approximate surface area is 119 Å². The van der Waals surface area contributed by atoms with E-state index in [9.17, 15) is 9.90 Å². The molecular formula is C16H22O4. The van der Waals surface area contributed by atoms with Crippen molar-refractivity contribution in [2.75, 3.05) is 6.61 Å². The van der Waals surface area contributed by atoms with Gasteiger partial charge in [0.25, 0.3) is 0 Å². The van der Waals surface area contributed by atoms with Gasteiger partial charge in [-0.2, -0.15) is 0 Å². The molecule has 20 heavy (non-hydrogen) atoms. The summed E-state index contributed by atoms with van der Waals surface area (Å²) in [5, 5.41) is 10.2. The molecule has 1 heterocycles. The zero-order valence-corrected chi connectivity index (χ0v) is 12.2. The van der Waals surface area contributed by atoms with Crippen molar-refractivity contribution >= 4 is 5.97 Å². The summed E-state index contributed by atoms with van der Waals surface area (Å²) in [7, 11) is 0. The highest BCUT2D eigenvalue weighted by Crippen LogP contribution is 2.30. The Balaban J connectivity index is 1.92. The fourth-order valence-corrected chi connectivity index (χ4v) is 2.51. The highest BCUT2D eigenvalue weighted by atomic mass is 16.6. The Morgan fingerprint density at radius 1 is 1.20 bits per heavy atom. The molecule has 0 amide bonds. The largest absolute Gasteiger partial charge is 0.459 e. The van der Waals surface area contributed by atoms with Gasteiger partial charge in [-0.25, -0.2) is 4.79 Å². The SMILES string of the molecule is CC1[C@@H](C)[C@H](O)C(COC(=O)c2ccccc2)O[C@@H]1C. The summed E-state index contributed by atoms with van der Waals surface area (Å²) < 4.78 is 11.0. The monoisotopic (exact) mass is 278 g/mol. The van der Waals surface area contributed by atoms with Crippen LogP contribution < -0.4 is 0 Å². The summed E-state index contributed by atoms with van der Waals surface area (Å²) in [6.45, 7) is 6.13. The van der Waals surface area contributed by atoms with Gasteiger partial charge in [-0.15, -0.1) is 0 Å². The summed E-state index contributed by atoms with van der Waals surface area (Å²) in [5.41, 5.74) is 0.507. The molecule has 110 valence electrons. The van der Waals surface area contributed by atoms with E-state index in [1.165, 1.54) is 0 Å². The number of hydrogen-bond acceptors (Lipinski definition) is 4. The molecule has 0 radical (unpaired) electrons. The van der Waals surface area contributed by atoms with E-state index in [2.05, 4.69) is 6.92 Å². The predicted molar refractivity (Wildman–Crippen MR) is 75.4 cm³/mol. The Morgan fingerprint density at radius 2 is 1.85 bits per heavy atom. The molecule has 1 fully saturated rings.